The van der Waals surface area contributed by atoms with E-state index in [1.165, 1.54) is 5.57 Å². The summed E-state index contributed by atoms with van der Waals surface area (Å²) in [6.07, 6.45) is 4.08. The van der Waals surface area contributed by atoms with E-state index in [0.717, 1.165) is 12.8 Å². The van der Waals surface area contributed by atoms with Gasteiger partial charge >= 0.3 is 0 Å². The summed E-state index contributed by atoms with van der Waals surface area (Å²) in [6.45, 7) is 8.12. The molecule has 0 heterocycles. The van der Waals surface area contributed by atoms with Crippen molar-refractivity contribution in [3.63, 3.8) is 0 Å². The van der Waals surface area contributed by atoms with Crippen LogP contribution in [0.1, 0.15) is 40.5 Å². The number of nitrogens with one attached hydrogen (secondary N) is 1. The highest BCUT2D eigenvalue weighted by Crippen LogP contribution is 2.29. The summed E-state index contributed by atoms with van der Waals surface area (Å²) >= 11 is 0. The summed E-state index contributed by atoms with van der Waals surface area (Å²) in [5, 5.41) is 2.70. The highest BCUT2D eigenvalue weighted by atomic mass is 16.2. The first-order chi connectivity index (χ1) is 6.00. The van der Waals surface area contributed by atoms with Crippen molar-refractivity contribution < 1.29 is 4.79 Å². The zero-order valence-corrected chi connectivity index (χ0v) is 9.40. The van der Waals surface area contributed by atoms with Crippen LogP contribution in [0.4, 0.5) is 0 Å². The molecular formula is C11H21NO. The van der Waals surface area contributed by atoms with Crippen molar-refractivity contribution in [2.75, 3.05) is 7.05 Å². The van der Waals surface area contributed by atoms with E-state index in [-0.39, 0.29) is 11.3 Å². The Hall–Kier alpha value is -0.790. The number of amides is 1. The Morgan fingerprint density at radius 1 is 1.38 bits per heavy atom. The quantitative estimate of drug-likeness (QED) is 0.667. The second-order valence-corrected chi connectivity index (χ2v) is 3.70. The van der Waals surface area contributed by atoms with Gasteiger partial charge in [0.25, 0.3) is 0 Å². The maximum atomic E-state index is 11.6. The molecule has 0 rings (SSSR count). The molecule has 0 aliphatic carbocycles. The second-order valence-electron chi connectivity index (χ2n) is 3.70. The lowest BCUT2D eigenvalue weighted by atomic mass is 9.81. The first kappa shape index (κ1) is 12.2. The summed E-state index contributed by atoms with van der Waals surface area (Å²) in [5.41, 5.74) is 0.855. The third-order valence-electron chi connectivity index (χ3n) is 2.43. The minimum absolute atomic E-state index is 0.0917. The average Bonchev–Trinajstić information content (AvgIpc) is 2.12. The van der Waals surface area contributed by atoms with Crippen molar-refractivity contribution in [1.29, 1.82) is 0 Å². The van der Waals surface area contributed by atoms with Crippen molar-refractivity contribution in [1.82, 2.24) is 5.32 Å². The zero-order chi connectivity index (χ0) is 10.5. The van der Waals surface area contributed by atoms with Gasteiger partial charge in [0.15, 0.2) is 0 Å². The summed E-state index contributed by atoms with van der Waals surface area (Å²) < 4.78 is 0. The first-order valence-electron chi connectivity index (χ1n) is 4.92. The van der Waals surface area contributed by atoms with Gasteiger partial charge in [0.2, 0.25) is 5.91 Å². The summed E-state index contributed by atoms with van der Waals surface area (Å²) in [6, 6.07) is 0. The van der Waals surface area contributed by atoms with Crippen LogP contribution in [-0.2, 0) is 4.79 Å². The van der Waals surface area contributed by atoms with Gasteiger partial charge in [-0.25, -0.2) is 0 Å². The van der Waals surface area contributed by atoms with Crippen molar-refractivity contribution >= 4 is 5.91 Å². The van der Waals surface area contributed by atoms with E-state index in [9.17, 15) is 4.79 Å². The molecule has 0 atom stereocenters. The predicted molar refractivity (Wildman–Crippen MR) is 56.5 cm³/mol. The third-order valence-corrected chi connectivity index (χ3v) is 2.43. The Balaban J connectivity index is 4.77. The van der Waals surface area contributed by atoms with Crippen LogP contribution in [0.15, 0.2) is 11.6 Å². The molecule has 0 radical (unpaired) electrons. The molecular weight excluding hydrogens is 162 g/mol. The highest BCUT2D eigenvalue weighted by molar-refractivity contribution is 5.84. The summed E-state index contributed by atoms with van der Waals surface area (Å²) in [4.78, 5) is 11.6. The average molecular weight is 183 g/mol. The molecule has 1 amide bonds. The van der Waals surface area contributed by atoms with E-state index < -0.39 is 0 Å². The van der Waals surface area contributed by atoms with E-state index in [4.69, 9.17) is 0 Å². The Bertz CT molecular complexity index is 204. The van der Waals surface area contributed by atoms with Gasteiger partial charge in [0, 0.05) is 7.05 Å². The van der Waals surface area contributed by atoms with E-state index in [2.05, 4.69) is 25.2 Å². The second kappa shape index (κ2) is 5.05. The van der Waals surface area contributed by atoms with E-state index in [1.807, 2.05) is 13.8 Å². The van der Waals surface area contributed by atoms with Crippen LogP contribution in [-0.4, -0.2) is 13.0 Å². The number of allylic oxidation sites excluding steroid dienone is 1. The van der Waals surface area contributed by atoms with Crippen LogP contribution in [0.5, 0.6) is 0 Å². The molecule has 0 aromatic carbocycles. The van der Waals surface area contributed by atoms with E-state index in [0.29, 0.717) is 0 Å². The molecule has 0 aromatic heterocycles. The molecule has 0 spiro atoms. The van der Waals surface area contributed by atoms with Gasteiger partial charge in [0.1, 0.15) is 0 Å². The third kappa shape index (κ3) is 2.87. The van der Waals surface area contributed by atoms with Gasteiger partial charge < -0.3 is 5.32 Å². The zero-order valence-electron chi connectivity index (χ0n) is 9.40. The standard InChI is InChI=1S/C11H21NO/c1-6-8-9(7-2)11(3,4)10(13)12-5/h8H,6-7H2,1-5H3,(H,12,13). The largest absolute Gasteiger partial charge is 0.358 e. The maximum Gasteiger partial charge on any atom is 0.229 e. The Morgan fingerprint density at radius 3 is 2.23 bits per heavy atom. The predicted octanol–water partition coefficient (Wildman–Crippen LogP) is 2.50. The molecule has 0 bridgehead atoms. The van der Waals surface area contributed by atoms with E-state index >= 15 is 0 Å². The molecule has 0 saturated heterocycles. The minimum atomic E-state index is -0.362. The molecule has 0 aromatic rings. The smallest absolute Gasteiger partial charge is 0.229 e. The van der Waals surface area contributed by atoms with Crippen molar-refractivity contribution in [2.45, 2.75) is 40.5 Å². The molecule has 0 aliphatic heterocycles. The molecule has 2 nitrogen and oxygen atoms in total. The Morgan fingerprint density at radius 2 is 1.92 bits per heavy atom. The van der Waals surface area contributed by atoms with Gasteiger partial charge in [-0.2, -0.15) is 0 Å². The Labute approximate surface area is 81.4 Å². The highest BCUT2D eigenvalue weighted by Gasteiger charge is 2.29. The number of rotatable bonds is 4. The van der Waals surface area contributed by atoms with Gasteiger partial charge in [-0.15, -0.1) is 0 Å². The van der Waals surface area contributed by atoms with Gasteiger partial charge in [-0.1, -0.05) is 25.5 Å². The molecule has 0 fully saturated rings. The molecule has 2 heteroatoms. The lowest BCUT2D eigenvalue weighted by Crippen LogP contribution is -2.35. The topological polar surface area (TPSA) is 29.1 Å². The van der Waals surface area contributed by atoms with Crippen LogP contribution in [0.3, 0.4) is 0 Å². The molecule has 0 aliphatic rings. The maximum absolute atomic E-state index is 11.6. The number of carbonyl (C=O) groups excluding carboxylic acids is 1. The molecule has 76 valence electrons. The Kier molecular flexibility index (Phi) is 4.74. The van der Waals surface area contributed by atoms with Crippen LogP contribution < -0.4 is 5.32 Å². The van der Waals surface area contributed by atoms with Gasteiger partial charge in [-0.3, -0.25) is 4.79 Å². The van der Waals surface area contributed by atoms with Crippen molar-refractivity contribution in [3.8, 4) is 0 Å². The lowest BCUT2D eigenvalue weighted by molar-refractivity contribution is -0.127. The fourth-order valence-corrected chi connectivity index (χ4v) is 1.55. The molecule has 0 saturated carbocycles. The summed E-state index contributed by atoms with van der Waals surface area (Å²) in [5.74, 6) is 0.0917. The first-order valence-corrected chi connectivity index (χ1v) is 4.92. The lowest BCUT2D eigenvalue weighted by Gasteiger charge is -2.25. The number of hydrogen-bond donors (Lipinski definition) is 1. The summed E-state index contributed by atoms with van der Waals surface area (Å²) in [7, 11) is 1.68. The minimum Gasteiger partial charge on any atom is -0.358 e. The van der Waals surface area contributed by atoms with Crippen molar-refractivity contribution in [3.05, 3.63) is 11.6 Å². The van der Waals surface area contributed by atoms with E-state index in [1.54, 1.807) is 7.05 Å². The fraction of sp³-hybridized carbons (Fsp3) is 0.727. The van der Waals surface area contributed by atoms with Crippen LogP contribution in [0.25, 0.3) is 0 Å². The molecule has 13 heavy (non-hydrogen) atoms. The number of hydrogen-bond acceptors (Lipinski definition) is 1. The normalized spacial score (nSPS) is 12.8. The monoisotopic (exact) mass is 183 g/mol. The van der Waals surface area contributed by atoms with Crippen LogP contribution in [0.2, 0.25) is 0 Å². The van der Waals surface area contributed by atoms with Crippen molar-refractivity contribution in [2.24, 2.45) is 5.41 Å². The van der Waals surface area contributed by atoms with Crippen LogP contribution in [0, 0.1) is 5.41 Å². The fourth-order valence-electron chi connectivity index (χ4n) is 1.55. The molecule has 1 N–H and O–H groups in total. The van der Waals surface area contributed by atoms with Gasteiger partial charge in [-0.05, 0) is 26.7 Å². The number of carbonyl (C=O) groups is 1. The van der Waals surface area contributed by atoms with Gasteiger partial charge in [0.05, 0.1) is 5.41 Å². The SMILES string of the molecule is CCC=C(CC)C(C)(C)C(=O)NC. The molecule has 0 unspecified atom stereocenters. The van der Waals surface area contributed by atoms with Crippen LogP contribution >= 0.6 is 0 Å².